The maximum absolute atomic E-state index is 12.1. The molecular weight excluding hydrogens is 326 g/mol. The minimum Gasteiger partial charge on any atom is -0.493 e. The summed E-state index contributed by atoms with van der Waals surface area (Å²) in [5.41, 5.74) is 2.71. The Balaban J connectivity index is 2.01. The molecule has 2 aromatic carbocycles. The molecule has 1 amide bonds. The highest BCUT2D eigenvalue weighted by molar-refractivity contribution is 6.02. The molecule has 1 N–H and O–H groups in total. The number of aryl methyl sites for hydroxylation is 1. The summed E-state index contributed by atoms with van der Waals surface area (Å²) in [6.45, 7) is 6.94. The van der Waals surface area contributed by atoms with Crippen LogP contribution < -0.4 is 14.8 Å². The highest BCUT2D eigenvalue weighted by Crippen LogP contribution is 2.29. The van der Waals surface area contributed by atoms with Crippen molar-refractivity contribution >= 4 is 17.7 Å². The van der Waals surface area contributed by atoms with E-state index in [1.807, 2.05) is 49.4 Å². The second kappa shape index (κ2) is 9.66. The van der Waals surface area contributed by atoms with Crippen LogP contribution in [0, 0.1) is 12.8 Å². The Morgan fingerprint density at radius 1 is 1.15 bits per heavy atom. The molecule has 0 aromatic heterocycles. The molecule has 0 spiro atoms. The lowest BCUT2D eigenvalue weighted by atomic mass is 10.1. The van der Waals surface area contributed by atoms with Gasteiger partial charge in [-0.1, -0.05) is 38.1 Å². The number of ether oxygens (including phenoxy) is 2. The molecule has 0 radical (unpaired) electrons. The van der Waals surface area contributed by atoms with Gasteiger partial charge in [-0.05, 0) is 54.7 Å². The topological polar surface area (TPSA) is 47.6 Å². The van der Waals surface area contributed by atoms with E-state index in [-0.39, 0.29) is 5.91 Å². The summed E-state index contributed by atoms with van der Waals surface area (Å²) in [5, 5.41) is 2.88. The summed E-state index contributed by atoms with van der Waals surface area (Å²) in [4.78, 5) is 12.1. The van der Waals surface area contributed by atoms with Crippen LogP contribution in [0.2, 0.25) is 0 Å². The van der Waals surface area contributed by atoms with Crippen LogP contribution in [0.25, 0.3) is 6.08 Å². The largest absolute Gasteiger partial charge is 0.493 e. The van der Waals surface area contributed by atoms with E-state index in [1.165, 1.54) is 6.08 Å². The van der Waals surface area contributed by atoms with E-state index in [4.69, 9.17) is 9.47 Å². The molecule has 4 heteroatoms. The van der Waals surface area contributed by atoms with Crippen molar-refractivity contribution < 1.29 is 14.3 Å². The molecule has 0 fully saturated rings. The zero-order valence-electron chi connectivity index (χ0n) is 15.9. The molecule has 0 atom stereocenters. The maximum atomic E-state index is 12.1. The van der Waals surface area contributed by atoms with Crippen molar-refractivity contribution in [3.8, 4) is 11.5 Å². The van der Waals surface area contributed by atoms with Gasteiger partial charge in [0, 0.05) is 11.8 Å². The van der Waals surface area contributed by atoms with E-state index in [0.29, 0.717) is 18.3 Å². The van der Waals surface area contributed by atoms with Crippen LogP contribution in [-0.2, 0) is 4.79 Å². The number of nitrogens with one attached hydrogen (secondary N) is 1. The van der Waals surface area contributed by atoms with Crippen LogP contribution in [-0.4, -0.2) is 19.6 Å². The number of hydrogen-bond acceptors (Lipinski definition) is 3. The van der Waals surface area contributed by atoms with Crippen LogP contribution >= 0.6 is 0 Å². The molecule has 0 bridgehead atoms. The SMILES string of the molecule is COc1cc(/C=C/C(=O)Nc2ccccc2C)ccc1OCCC(C)C. The minimum atomic E-state index is -0.171. The van der Waals surface area contributed by atoms with Gasteiger partial charge in [0.25, 0.3) is 0 Å². The molecular formula is C22H27NO3. The average molecular weight is 353 g/mol. The summed E-state index contributed by atoms with van der Waals surface area (Å²) >= 11 is 0. The van der Waals surface area contributed by atoms with Gasteiger partial charge in [-0.2, -0.15) is 0 Å². The number of benzene rings is 2. The van der Waals surface area contributed by atoms with Gasteiger partial charge in [0.05, 0.1) is 13.7 Å². The molecule has 138 valence electrons. The first-order valence-corrected chi connectivity index (χ1v) is 8.85. The molecule has 0 aliphatic rings. The highest BCUT2D eigenvalue weighted by Gasteiger charge is 2.06. The number of carbonyl (C=O) groups excluding carboxylic acids is 1. The Kier molecular flexibility index (Phi) is 7.27. The van der Waals surface area contributed by atoms with Gasteiger partial charge in [0.2, 0.25) is 5.91 Å². The van der Waals surface area contributed by atoms with Crippen LogP contribution in [0.15, 0.2) is 48.5 Å². The lowest BCUT2D eigenvalue weighted by Gasteiger charge is -2.12. The second-order valence-corrected chi connectivity index (χ2v) is 6.58. The molecule has 4 nitrogen and oxygen atoms in total. The Labute approximate surface area is 155 Å². The van der Waals surface area contributed by atoms with Gasteiger partial charge in [0.1, 0.15) is 0 Å². The number of anilines is 1. The number of amides is 1. The zero-order valence-corrected chi connectivity index (χ0v) is 15.9. The van der Waals surface area contributed by atoms with E-state index >= 15 is 0 Å². The predicted octanol–water partition coefficient (Wildman–Crippen LogP) is 5.08. The highest BCUT2D eigenvalue weighted by atomic mass is 16.5. The van der Waals surface area contributed by atoms with Gasteiger partial charge < -0.3 is 14.8 Å². The molecule has 2 aromatic rings. The summed E-state index contributed by atoms with van der Waals surface area (Å²) in [6, 6.07) is 13.3. The molecule has 0 saturated heterocycles. The molecule has 2 rings (SSSR count). The van der Waals surface area contributed by atoms with Crippen LogP contribution in [0.1, 0.15) is 31.4 Å². The van der Waals surface area contributed by atoms with E-state index in [1.54, 1.807) is 13.2 Å². The summed E-state index contributed by atoms with van der Waals surface area (Å²) in [5.74, 6) is 1.80. The van der Waals surface area contributed by atoms with E-state index in [9.17, 15) is 4.79 Å². The fourth-order valence-corrected chi connectivity index (χ4v) is 2.37. The summed E-state index contributed by atoms with van der Waals surface area (Å²) in [7, 11) is 1.61. The normalized spacial score (nSPS) is 11.0. The average Bonchev–Trinajstić information content (AvgIpc) is 2.62. The summed E-state index contributed by atoms with van der Waals surface area (Å²) in [6.07, 6.45) is 4.26. The summed E-state index contributed by atoms with van der Waals surface area (Å²) < 4.78 is 11.2. The van der Waals surface area contributed by atoms with Crippen molar-refractivity contribution in [3.63, 3.8) is 0 Å². The molecule has 0 saturated carbocycles. The number of para-hydroxylation sites is 1. The number of carbonyl (C=O) groups is 1. The van der Waals surface area contributed by atoms with Gasteiger partial charge in [-0.3, -0.25) is 4.79 Å². The van der Waals surface area contributed by atoms with Crippen LogP contribution in [0.4, 0.5) is 5.69 Å². The number of methoxy groups -OCH3 is 1. The lowest BCUT2D eigenvalue weighted by molar-refractivity contribution is -0.111. The first-order chi connectivity index (χ1) is 12.5. The Morgan fingerprint density at radius 3 is 2.62 bits per heavy atom. The third kappa shape index (κ3) is 5.96. The third-order valence-corrected chi connectivity index (χ3v) is 3.97. The van der Waals surface area contributed by atoms with E-state index in [2.05, 4.69) is 19.2 Å². The molecule has 0 heterocycles. The van der Waals surface area contributed by atoms with Crippen molar-refractivity contribution in [1.29, 1.82) is 0 Å². The quantitative estimate of drug-likeness (QED) is 0.673. The fourth-order valence-electron chi connectivity index (χ4n) is 2.37. The van der Waals surface area contributed by atoms with Crippen molar-refractivity contribution in [2.24, 2.45) is 5.92 Å². The standard InChI is InChI=1S/C22H27NO3/c1-16(2)13-14-26-20-11-9-18(15-21(20)25-4)10-12-22(24)23-19-8-6-5-7-17(19)3/h5-12,15-16H,13-14H2,1-4H3,(H,23,24)/b12-10+. The van der Waals surface area contributed by atoms with Crippen molar-refractivity contribution in [1.82, 2.24) is 0 Å². The monoisotopic (exact) mass is 353 g/mol. The maximum Gasteiger partial charge on any atom is 0.248 e. The first kappa shape index (κ1) is 19.6. The number of hydrogen-bond donors (Lipinski definition) is 1. The molecule has 26 heavy (non-hydrogen) atoms. The molecule has 0 aliphatic heterocycles. The van der Waals surface area contributed by atoms with Gasteiger partial charge >= 0.3 is 0 Å². The minimum absolute atomic E-state index is 0.171. The van der Waals surface area contributed by atoms with Crippen LogP contribution in [0.3, 0.4) is 0 Å². The van der Waals surface area contributed by atoms with Gasteiger partial charge in [0.15, 0.2) is 11.5 Å². The van der Waals surface area contributed by atoms with Gasteiger partial charge in [-0.15, -0.1) is 0 Å². The number of rotatable bonds is 8. The van der Waals surface area contributed by atoms with Gasteiger partial charge in [-0.25, -0.2) is 0 Å². The Hall–Kier alpha value is -2.75. The third-order valence-electron chi connectivity index (χ3n) is 3.97. The van der Waals surface area contributed by atoms with E-state index in [0.717, 1.165) is 29.0 Å². The predicted molar refractivity (Wildman–Crippen MR) is 107 cm³/mol. The van der Waals surface area contributed by atoms with Crippen molar-refractivity contribution in [3.05, 3.63) is 59.7 Å². The second-order valence-electron chi connectivity index (χ2n) is 6.58. The fraction of sp³-hybridized carbons (Fsp3) is 0.318. The van der Waals surface area contributed by atoms with Crippen molar-refractivity contribution in [2.45, 2.75) is 27.2 Å². The smallest absolute Gasteiger partial charge is 0.248 e. The Bertz CT molecular complexity index is 766. The first-order valence-electron chi connectivity index (χ1n) is 8.85. The van der Waals surface area contributed by atoms with Crippen molar-refractivity contribution in [2.75, 3.05) is 19.0 Å². The van der Waals surface area contributed by atoms with Crippen LogP contribution in [0.5, 0.6) is 11.5 Å². The molecule has 0 aliphatic carbocycles. The lowest BCUT2D eigenvalue weighted by Crippen LogP contribution is -2.08. The Morgan fingerprint density at radius 2 is 1.92 bits per heavy atom. The zero-order chi connectivity index (χ0) is 18.9. The van der Waals surface area contributed by atoms with E-state index < -0.39 is 0 Å². The molecule has 0 unspecified atom stereocenters.